The van der Waals surface area contributed by atoms with Crippen LogP contribution in [0.15, 0.2) is 82.7 Å². The van der Waals surface area contributed by atoms with Gasteiger partial charge in [-0.05, 0) is 42.8 Å². The molecule has 1 aliphatic rings. The lowest BCUT2D eigenvalue weighted by atomic mass is 10.0. The Morgan fingerprint density at radius 1 is 1.11 bits per heavy atom. The Morgan fingerprint density at radius 2 is 1.97 bits per heavy atom. The minimum atomic E-state index is -3.61. The van der Waals surface area contributed by atoms with Crippen LogP contribution in [0.1, 0.15) is 27.9 Å². The molecule has 37 heavy (non-hydrogen) atoms. The first-order valence-electron chi connectivity index (χ1n) is 11.5. The Bertz CT molecular complexity index is 1720. The second-order valence-corrected chi connectivity index (χ2v) is 10.7. The molecule has 6 rings (SSSR count). The molecule has 0 unspecified atom stereocenters. The third kappa shape index (κ3) is 4.15. The topological polar surface area (TPSA) is 136 Å². The number of carbonyl (C=O) groups excluding carboxylic acids is 1. The molecule has 11 nitrogen and oxygen atoms in total. The largest absolute Gasteiger partial charge is 0.339 e. The molecule has 0 saturated carbocycles. The normalized spacial score (nSPS) is 14.5. The van der Waals surface area contributed by atoms with Gasteiger partial charge < -0.3 is 9.84 Å². The van der Waals surface area contributed by atoms with Gasteiger partial charge in [-0.1, -0.05) is 23.4 Å². The predicted molar refractivity (Wildman–Crippen MR) is 133 cm³/mol. The van der Waals surface area contributed by atoms with E-state index in [2.05, 4.69) is 25.4 Å². The standard InChI is InChI=1S/C25H21N7O4S/c1-16-7-8-17(11-20(16)28-24(33)21-13-27-22-6-2-3-10-32(21)22)23-29-25(36-30-23)18-14-31(15-18)37(34,35)19-5-4-9-26-12-19/h2-13,18H,14-15H2,1H3,(H,28,33). The Morgan fingerprint density at radius 3 is 2.78 bits per heavy atom. The zero-order valence-electron chi connectivity index (χ0n) is 19.6. The van der Waals surface area contributed by atoms with Crippen molar-refractivity contribution in [3.63, 3.8) is 0 Å². The number of pyridine rings is 2. The first-order chi connectivity index (χ1) is 17.9. The van der Waals surface area contributed by atoms with E-state index < -0.39 is 10.0 Å². The van der Waals surface area contributed by atoms with Crippen LogP contribution in [0.2, 0.25) is 0 Å². The second-order valence-electron chi connectivity index (χ2n) is 8.72. The second kappa shape index (κ2) is 8.91. The van der Waals surface area contributed by atoms with Crippen molar-refractivity contribution in [3.05, 3.63) is 90.5 Å². The van der Waals surface area contributed by atoms with E-state index in [0.717, 1.165) is 5.56 Å². The first-order valence-corrected chi connectivity index (χ1v) is 12.9. The van der Waals surface area contributed by atoms with Gasteiger partial charge in [-0.15, -0.1) is 0 Å². The Kier molecular flexibility index (Phi) is 5.54. The van der Waals surface area contributed by atoms with Crippen molar-refractivity contribution in [1.82, 2.24) is 28.8 Å². The fraction of sp³-hybridized carbons (Fsp3) is 0.160. The molecule has 0 radical (unpaired) electrons. The molecule has 0 aliphatic carbocycles. The number of aryl methyl sites for hydroxylation is 1. The van der Waals surface area contributed by atoms with E-state index in [1.54, 1.807) is 22.7 Å². The fourth-order valence-electron chi connectivity index (χ4n) is 4.14. The van der Waals surface area contributed by atoms with Crippen LogP contribution in [0, 0.1) is 6.92 Å². The van der Waals surface area contributed by atoms with Crippen LogP contribution in [-0.2, 0) is 10.0 Å². The molecule has 1 aromatic carbocycles. The maximum Gasteiger partial charge on any atom is 0.274 e. The van der Waals surface area contributed by atoms with Gasteiger partial charge in [-0.3, -0.25) is 14.2 Å². The van der Waals surface area contributed by atoms with Gasteiger partial charge in [0.25, 0.3) is 5.91 Å². The quantitative estimate of drug-likeness (QED) is 0.364. The van der Waals surface area contributed by atoms with Crippen LogP contribution in [0.3, 0.4) is 0 Å². The van der Waals surface area contributed by atoms with Gasteiger partial charge in [0.2, 0.25) is 21.7 Å². The van der Waals surface area contributed by atoms with E-state index >= 15 is 0 Å². The van der Waals surface area contributed by atoms with Gasteiger partial charge in [0, 0.05) is 42.9 Å². The number of anilines is 1. The maximum absolute atomic E-state index is 13.0. The molecule has 1 fully saturated rings. The number of nitrogens with one attached hydrogen (secondary N) is 1. The number of carbonyl (C=O) groups is 1. The van der Waals surface area contributed by atoms with Crippen LogP contribution >= 0.6 is 0 Å². The number of hydrogen-bond donors (Lipinski definition) is 1. The number of amides is 1. The maximum atomic E-state index is 13.0. The van der Waals surface area contributed by atoms with E-state index in [1.807, 2.05) is 37.3 Å². The van der Waals surface area contributed by atoms with E-state index in [4.69, 9.17) is 4.52 Å². The highest BCUT2D eigenvalue weighted by Crippen LogP contribution is 2.32. The molecule has 1 N–H and O–H groups in total. The molecule has 0 bridgehead atoms. The summed E-state index contributed by atoms with van der Waals surface area (Å²) in [6.45, 7) is 2.38. The number of benzene rings is 1. The summed E-state index contributed by atoms with van der Waals surface area (Å²) in [4.78, 5) is 25.8. The number of imidazole rings is 1. The molecule has 1 aliphatic heterocycles. The number of sulfonamides is 1. The van der Waals surface area contributed by atoms with Crippen LogP contribution in [-0.4, -0.2) is 56.2 Å². The molecule has 186 valence electrons. The molecule has 1 amide bonds. The van der Waals surface area contributed by atoms with E-state index in [1.165, 1.54) is 29.0 Å². The molecule has 4 aromatic heterocycles. The summed E-state index contributed by atoms with van der Waals surface area (Å²) in [5.74, 6) is 0.225. The van der Waals surface area contributed by atoms with Gasteiger partial charge in [0.15, 0.2) is 0 Å². The number of aromatic nitrogens is 5. The van der Waals surface area contributed by atoms with Crippen LogP contribution in [0.5, 0.6) is 0 Å². The lowest BCUT2D eigenvalue weighted by Crippen LogP contribution is -2.48. The highest BCUT2D eigenvalue weighted by atomic mass is 32.2. The average Bonchev–Trinajstić information content (AvgIpc) is 3.53. The molecule has 5 aromatic rings. The van der Waals surface area contributed by atoms with Crippen molar-refractivity contribution in [2.45, 2.75) is 17.7 Å². The molecule has 1 saturated heterocycles. The number of rotatable bonds is 6. The molecular formula is C25H21N7O4S. The molecule has 12 heteroatoms. The lowest BCUT2D eigenvalue weighted by Gasteiger charge is -2.35. The summed E-state index contributed by atoms with van der Waals surface area (Å²) in [5.41, 5.74) is 3.23. The van der Waals surface area contributed by atoms with Gasteiger partial charge in [-0.25, -0.2) is 13.4 Å². The highest BCUT2D eigenvalue weighted by Gasteiger charge is 2.40. The summed E-state index contributed by atoms with van der Waals surface area (Å²) in [7, 11) is -3.61. The Labute approximate surface area is 211 Å². The van der Waals surface area contributed by atoms with Gasteiger partial charge >= 0.3 is 0 Å². The highest BCUT2D eigenvalue weighted by molar-refractivity contribution is 7.89. The zero-order chi connectivity index (χ0) is 25.6. The van der Waals surface area contributed by atoms with Crippen molar-refractivity contribution in [1.29, 1.82) is 0 Å². The summed E-state index contributed by atoms with van der Waals surface area (Å²) >= 11 is 0. The lowest BCUT2D eigenvalue weighted by molar-refractivity contribution is 0.102. The number of hydrogen-bond acceptors (Lipinski definition) is 8. The van der Waals surface area contributed by atoms with Crippen molar-refractivity contribution in [2.75, 3.05) is 18.4 Å². The third-order valence-electron chi connectivity index (χ3n) is 6.30. The monoisotopic (exact) mass is 515 g/mol. The minimum absolute atomic E-state index is 0.151. The van der Waals surface area contributed by atoms with E-state index in [0.29, 0.717) is 34.3 Å². The minimum Gasteiger partial charge on any atom is -0.339 e. The molecule has 0 spiro atoms. The zero-order valence-corrected chi connectivity index (χ0v) is 20.5. The van der Waals surface area contributed by atoms with Crippen LogP contribution < -0.4 is 5.32 Å². The van der Waals surface area contributed by atoms with Crippen LogP contribution in [0.25, 0.3) is 17.0 Å². The summed E-state index contributed by atoms with van der Waals surface area (Å²) in [6.07, 6.45) is 6.17. The van der Waals surface area contributed by atoms with Gasteiger partial charge in [0.05, 0.1) is 12.1 Å². The number of nitrogens with zero attached hydrogens (tertiary/aromatic N) is 6. The fourth-order valence-corrected chi connectivity index (χ4v) is 5.64. The van der Waals surface area contributed by atoms with Crippen molar-refractivity contribution < 1.29 is 17.7 Å². The van der Waals surface area contributed by atoms with Crippen molar-refractivity contribution >= 4 is 27.3 Å². The summed E-state index contributed by atoms with van der Waals surface area (Å²) < 4.78 is 34.0. The Balaban J connectivity index is 1.17. The van der Waals surface area contributed by atoms with Crippen molar-refractivity contribution in [3.8, 4) is 11.4 Å². The predicted octanol–water partition coefficient (Wildman–Crippen LogP) is 3.13. The Hall–Kier alpha value is -4.42. The third-order valence-corrected chi connectivity index (χ3v) is 8.12. The van der Waals surface area contributed by atoms with Crippen LogP contribution in [0.4, 0.5) is 5.69 Å². The first kappa shape index (κ1) is 23.0. The SMILES string of the molecule is Cc1ccc(-c2noc(C3CN(S(=O)(=O)c4cccnc4)C3)n2)cc1NC(=O)c1cnc2ccccn12. The van der Waals surface area contributed by atoms with Gasteiger partial charge in [-0.2, -0.15) is 9.29 Å². The van der Waals surface area contributed by atoms with Crippen molar-refractivity contribution in [2.24, 2.45) is 0 Å². The van der Waals surface area contributed by atoms with E-state index in [9.17, 15) is 13.2 Å². The number of fused-ring (bicyclic) bond motifs is 1. The smallest absolute Gasteiger partial charge is 0.274 e. The van der Waals surface area contributed by atoms with E-state index in [-0.39, 0.29) is 29.8 Å². The molecule has 0 atom stereocenters. The average molecular weight is 516 g/mol. The van der Waals surface area contributed by atoms with Gasteiger partial charge in [0.1, 0.15) is 16.2 Å². The summed E-state index contributed by atoms with van der Waals surface area (Å²) in [6, 6.07) is 14.1. The summed E-state index contributed by atoms with van der Waals surface area (Å²) in [5, 5.41) is 7.02. The molecule has 5 heterocycles. The molecular weight excluding hydrogens is 494 g/mol.